The molecule has 0 atom stereocenters. The lowest BCUT2D eigenvalue weighted by Gasteiger charge is -2.19. The summed E-state index contributed by atoms with van der Waals surface area (Å²) < 4.78 is 6.99. The number of carbonyl (C=O) groups is 1. The van der Waals surface area contributed by atoms with Crippen LogP contribution < -0.4 is 0 Å². The van der Waals surface area contributed by atoms with E-state index < -0.39 is 11.7 Å². The highest BCUT2D eigenvalue weighted by atomic mass is 127. The zero-order valence-electron chi connectivity index (χ0n) is 10.3. The first-order valence-corrected chi connectivity index (χ1v) is 6.47. The summed E-state index contributed by atoms with van der Waals surface area (Å²) in [6.45, 7) is 5.37. The van der Waals surface area contributed by atoms with E-state index in [1.54, 1.807) is 39.0 Å². The van der Waals surface area contributed by atoms with Crippen molar-refractivity contribution in [1.82, 2.24) is 9.78 Å². The average molecular weight is 360 g/mol. The Hall–Kier alpha value is -1.31. The molecule has 2 aromatic rings. The second kappa shape index (κ2) is 4.42. The second-order valence-electron chi connectivity index (χ2n) is 4.85. The molecule has 6 heteroatoms. The van der Waals surface area contributed by atoms with Crippen LogP contribution in [0.2, 0.25) is 0 Å². The Morgan fingerprint density at radius 2 is 2.11 bits per heavy atom. The summed E-state index contributed by atoms with van der Waals surface area (Å²) in [6, 6.07) is 4.94. The first kappa shape index (κ1) is 13.1. The van der Waals surface area contributed by atoms with E-state index in [1.165, 1.54) is 4.68 Å². The second-order valence-corrected chi connectivity index (χ2v) is 5.88. The molecule has 0 amide bonds. The lowest BCUT2D eigenvalue weighted by atomic mass is 10.2. The Kier molecular flexibility index (Phi) is 3.22. The minimum atomic E-state index is -0.586. The van der Waals surface area contributed by atoms with E-state index in [1.807, 2.05) is 22.6 Å². The van der Waals surface area contributed by atoms with Gasteiger partial charge in [0.25, 0.3) is 0 Å². The average Bonchev–Trinajstić information content (AvgIpc) is 2.55. The van der Waals surface area contributed by atoms with Crippen molar-refractivity contribution >= 4 is 39.6 Å². The van der Waals surface area contributed by atoms with Gasteiger partial charge in [0.2, 0.25) is 0 Å². The van der Waals surface area contributed by atoms with Crippen molar-refractivity contribution in [3.05, 3.63) is 21.9 Å². The number of nitrogens with zero attached hydrogens (tertiary/aromatic N) is 2. The Balaban J connectivity index is 2.53. The Morgan fingerprint density at radius 1 is 1.44 bits per heavy atom. The van der Waals surface area contributed by atoms with Crippen LogP contribution >= 0.6 is 22.6 Å². The molecule has 0 saturated heterocycles. The molecule has 0 spiro atoms. The quantitative estimate of drug-likeness (QED) is 0.734. The number of hydrogen-bond acceptors (Lipinski definition) is 4. The maximum absolute atomic E-state index is 12.0. The molecule has 18 heavy (non-hydrogen) atoms. The number of halogens is 1. The van der Waals surface area contributed by atoms with Gasteiger partial charge in [-0.1, -0.05) is 6.07 Å². The fourth-order valence-corrected chi connectivity index (χ4v) is 2.32. The van der Waals surface area contributed by atoms with Crippen LogP contribution in [-0.2, 0) is 4.74 Å². The lowest BCUT2D eigenvalue weighted by molar-refractivity contribution is 0.0522. The molecule has 0 saturated carbocycles. The maximum atomic E-state index is 12.0. The number of fused-ring (bicyclic) bond motifs is 1. The van der Waals surface area contributed by atoms with E-state index >= 15 is 0 Å². The molecule has 0 aliphatic heterocycles. The highest BCUT2D eigenvalue weighted by Gasteiger charge is 2.22. The van der Waals surface area contributed by atoms with Crippen LogP contribution in [0, 0.1) is 3.70 Å². The van der Waals surface area contributed by atoms with Gasteiger partial charge in [0.1, 0.15) is 15.1 Å². The molecule has 0 unspecified atom stereocenters. The van der Waals surface area contributed by atoms with Crippen LogP contribution in [0.1, 0.15) is 20.8 Å². The molecule has 1 heterocycles. The summed E-state index contributed by atoms with van der Waals surface area (Å²) in [5, 5.41) is 14.4. The molecule has 0 fully saturated rings. The largest absolute Gasteiger partial charge is 0.507 e. The van der Waals surface area contributed by atoms with Gasteiger partial charge in [-0.15, -0.1) is 0 Å². The van der Waals surface area contributed by atoms with Crippen molar-refractivity contribution in [3.63, 3.8) is 0 Å². The Labute approximate surface area is 118 Å². The predicted octanol–water partition coefficient (Wildman–Crippen LogP) is 3.13. The molecule has 0 aliphatic rings. The highest BCUT2D eigenvalue weighted by molar-refractivity contribution is 14.1. The van der Waals surface area contributed by atoms with Gasteiger partial charge in [-0.3, -0.25) is 0 Å². The minimum Gasteiger partial charge on any atom is -0.507 e. The fraction of sp³-hybridized carbons (Fsp3) is 0.333. The number of aromatic nitrogens is 2. The van der Waals surface area contributed by atoms with Crippen molar-refractivity contribution in [3.8, 4) is 5.75 Å². The number of benzene rings is 1. The third kappa shape index (κ3) is 2.43. The monoisotopic (exact) mass is 360 g/mol. The third-order valence-corrected chi connectivity index (χ3v) is 2.96. The fourth-order valence-electron chi connectivity index (χ4n) is 1.55. The van der Waals surface area contributed by atoms with Gasteiger partial charge in [0.15, 0.2) is 0 Å². The molecule has 1 aromatic carbocycles. The topological polar surface area (TPSA) is 64.4 Å². The molecule has 0 bridgehead atoms. The summed E-state index contributed by atoms with van der Waals surface area (Å²) in [6.07, 6.45) is -0.555. The summed E-state index contributed by atoms with van der Waals surface area (Å²) >= 11 is 1.98. The summed E-state index contributed by atoms with van der Waals surface area (Å²) in [5.41, 5.74) is -0.0499. The summed E-state index contributed by atoms with van der Waals surface area (Å²) in [5.74, 6) is 0.103. The van der Waals surface area contributed by atoms with E-state index in [0.29, 0.717) is 14.6 Å². The Morgan fingerprint density at radius 3 is 2.72 bits per heavy atom. The number of carbonyl (C=O) groups excluding carboxylic acids is 1. The normalized spacial score (nSPS) is 11.8. The number of phenolic OH excluding ortho intramolecular Hbond substituents is 1. The van der Waals surface area contributed by atoms with Crippen LogP contribution in [-0.4, -0.2) is 26.6 Å². The van der Waals surface area contributed by atoms with Gasteiger partial charge in [0, 0.05) is 0 Å². The molecule has 1 aromatic heterocycles. The first-order valence-electron chi connectivity index (χ1n) is 5.39. The van der Waals surface area contributed by atoms with Crippen LogP contribution in [0.5, 0.6) is 5.75 Å². The number of hydrogen-bond donors (Lipinski definition) is 1. The molecular formula is C12H13IN2O3. The Bertz CT molecular complexity index is 614. The smallest absolute Gasteiger partial charge is 0.435 e. The van der Waals surface area contributed by atoms with Crippen LogP contribution in [0.4, 0.5) is 4.79 Å². The van der Waals surface area contributed by atoms with Crippen molar-refractivity contribution in [1.29, 1.82) is 0 Å². The predicted molar refractivity (Wildman–Crippen MR) is 75.7 cm³/mol. The molecule has 0 aliphatic carbocycles. The van der Waals surface area contributed by atoms with Gasteiger partial charge in [0.05, 0.1) is 10.9 Å². The number of ether oxygens (including phenoxy) is 1. The molecular weight excluding hydrogens is 347 g/mol. The van der Waals surface area contributed by atoms with Crippen molar-refractivity contribution < 1.29 is 14.6 Å². The molecule has 5 nitrogen and oxygen atoms in total. The van der Waals surface area contributed by atoms with Gasteiger partial charge < -0.3 is 9.84 Å². The maximum Gasteiger partial charge on any atom is 0.435 e. The number of phenols is 1. The molecule has 96 valence electrons. The zero-order valence-corrected chi connectivity index (χ0v) is 12.4. The van der Waals surface area contributed by atoms with Gasteiger partial charge in [-0.2, -0.15) is 9.78 Å². The van der Waals surface area contributed by atoms with E-state index in [9.17, 15) is 9.90 Å². The van der Waals surface area contributed by atoms with Crippen LogP contribution in [0.25, 0.3) is 10.9 Å². The molecule has 2 rings (SSSR count). The number of aromatic hydroxyl groups is 1. The zero-order chi connectivity index (χ0) is 13.5. The number of rotatable bonds is 0. The summed E-state index contributed by atoms with van der Waals surface area (Å²) in [4.78, 5) is 12.0. The highest BCUT2D eigenvalue weighted by Crippen LogP contribution is 2.29. The first-order chi connectivity index (χ1) is 8.29. The van der Waals surface area contributed by atoms with Gasteiger partial charge in [-0.25, -0.2) is 4.79 Å². The van der Waals surface area contributed by atoms with Crippen LogP contribution in [0.3, 0.4) is 0 Å². The summed E-state index contributed by atoms with van der Waals surface area (Å²) in [7, 11) is 0. The lowest BCUT2D eigenvalue weighted by Crippen LogP contribution is -2.27. The standard InChI is InChI=1S/C12H13IN2O3/c1-12(2,3)18-11(17)15-7-5-4-6-8(16)9(7)10(13)14-15/h4-6,16H,1-3H3. The van der Waals surface area contributed by atoms with Crippen molar-refractivity contribution in [2.45, 2.75) is 26.4 Å². The van der Waals surface area contributed by atoms with Gasteiger partial charge >= 0.3 is 6.09 Å². The van der Waals surface area contributed by atoms with E-state index in [4.69, 9.17) is 4.74 Å². The third-order valence-electron chi connectivity index (χ3n) is 2.21. The molecule has 0 radical (unpaired) electrons. The molecule has 1 N–H and O–H groups in total. The van der Waals surface area contributed by atoms with E-state index in [0.717, 1.165) is 0 Å². The van der Waals surface area contributed by atoms with Gasteiger partial charge in [-0.05, 0) is 55.5 Å². The SMILES string of the molecule is CC(C)(C)OC(=O)n1nc(I)c2c(O)cccc21. The van der Waals surface area contributed by atoms with E-state index in [-0.39, 0.29) is 5.75 Å². The minimum absolute atomic E-state index is 0.103. The van der Waals surface area contributed by atoms with E-state index in [2.05, 4.69) is 5.10 Å². The van der Waals surface area contributed by atoms with Crippen molar-refractivity contribution in [2.75, 3.05) is 0 Å². The van der Waals surface area contributed by atoms with Crippen LogP contribution in [0.15, 0.2) is 18.2 Å². The van der Waals surface area contributed by atoms with Crippen molar-refractivity contribution in [2.24, 2.45) is 0 Å².